The van der Waals surface area contributed by atoms with Gasteiger partial charge in [-0.05, 0) is 50.2 Å². The lowest BCUT2D eigenvalue weighted by Crippen LogP contribution is -2.43. The van der Waals surface area contributed by atoms with Gasteiger partial charge in [-0.25, -0.2) is 0 Å². The van der Waals surface area contributed by atoms with E-state index in [0.717, 1.165) is 24.3 Å². The molecule has 1 saturated heterocycles. The summed E-state index contributed by atoms with van der Waals surface area (Å²) in [5.74, 6) is 2.63. The van der Waals surface area contributed by atoms with Crippen LogP contribution in [0.1, 0.15) is 45.4 Å². The van der Waals surface area contributed by atoms with E-state index in [-0.39, 0.29) is 0 Å². The number of likely N-dealkylation sites (tertiary alicyclic amines) is 1. The Morgan fingerprint density at radius 2 is 1.94 bits per heavy atom. The Morgan fingerprint density at radius 1 is 1.19 bits per heavy atom. The molecule has 0 radical (unpaired) electrons. The van der Waals surface area contributed by atoms with Crippen LogP contribution in [0.4, 0.5) is 0 Å². The molecule has 0 aromatic rings. The maximum absolute atomic E-state index is 5.85. The molecule has 2 fully saturated rings. The van der Waals surface area contributed by atoms with Gasteiger partial charge in [0, 0.05) is 6.54 Å². The van der Waals surface area contributed by atoms with Crippen LogP contribution >= 0.6 is 0 Å². The minimum absolute atomic E-state index is 0.748. The lowest BCUT2D eigenvalue weighted by molar-refractivity contribution is 0.126. The van der Waals surface area contributed by atoms with Gasteiger partial charge in [-0.15, -0.1) is 0 Å². The molecule has 2 heteroatoms. The van der Waals surface area contributed by atoms with E-state index in [0.29, 0.717) is 0 Å². The Hall–Kier alpha value is -0.0800. The Kier molecular flexibility index (Phi) is 4.66. The molecular formula is C14H28N2. The fraction of sp³-hybridized carbons (Fsp3) is 1.00. The molecule has 0 spiro atoms. The molecule has 16 heavy (non-hydrogen) atoms. The van der Waals surface area contributed by atoms with Gasteiger partial charge in [-0.2, -0.15) is 0 Å². The summed E-state index contributed by atoms with van der Waals surface area (Å²) in [4.78, 5) is 2.66. The third-order valence-corrected chi connectivity index (χ3v) is 4.83. The first kappa shape index (κ1) is 12.4. The van der Waals surface area contributed by atoms with Crippen molar-refractivity contribution in [1.29, 1.82) is 0 Å². The molecule has 1 aliphatic heterocycles. The van der Waals surface area contributed by atoms with E-state index in [9.17, 15) is 0 Å². The molecule has 0 bridgehead atoms. The van der Waals surface area contributed by atoms with Gasteiger partial charge in [0.1, 0.15) is 0 Å². The average Bonchev–Trinajstić information content (AvgIpc) is 2.81. The van der Waals surface area contributed by atoms with Gasteiger partial charge in [0.15, 0.2) is 0 Å². The second-order valence-electron chi connectivity index (χ2n) is 6.00. The van der Waals surface area contributed by atoms with E-state index in [4.69, 9.17) is 5.73 Å². The molecule has 2 aliphatic rings. The second kappa shape index (κ2) is 6.02. The summed E-state index contributed by atoms with van der Waals surface area (Å²) in [6.45, 7) is 7.13. The molecule has 1 heterocycles. The van der Waals surface area contributed by atoms with Crippen LogP contribution in [0.25, 0.3) is 0 Å². The fourth-order valence-electron chi connectivity index (χ4n) is 3.40. The number of hydrogen-bond acceptors (Lipinski definition) is 2. The topological polar surface area (TPSA) is 29.3 Å². The molecule has 2 N–H and O–H groups in total. The van der Waals surface area contributed by atoms with Crippen LogP contribution < -0.4 is 5.73 Å². The first-order valence-electron chi connectivity index (χ1n) is 7.22. The average molecular weight is 224 g/mol. The zero-order valence-electron chi connectivity index (χ0n) is 10.8. The molecule has 1 aliphatic carbocycles. The van der Waals surface area contributed by atoms with Crippen molar-refractivity contribution in [2.75, 3.05) is 26.2 Å². The fourth-order valence-corrected chi connectivity index (χ4v) is 3.40. The van der Waals surface area contributed by atoms with Crippen LogP contribution in [0.3, 0.4) is 0 Å². The normalized spacial score (nSPS) is 33.4. The third-order valence-electron chi connectivity index (χ3n) is 4.83. The van der Waals surface area contributed by atoms with E-state index in [1.165, 1.54) is 58.2 Å². The highest BCUT2D eigenvalue weighted by Gasteiger charge is 2.25. The van der Waals surface area contributed by atoms with E-state index < -0.39 is 0 Å². The van der Waals surface area contributed by atoms with Crippen molar-refractivity contribution in [1.82, 2.24) is 4.90 Å². The molecule has 2 atom stereocenters. The van der Waals surface area contributed by atoms with Gasteiger partial charge in [-0.3, -0.25) is 0 Å². The summed E-state index contributed by atoms with van der Waals surface area (Å²) in [5, 5.41) is 0. The lowest BCUT2D eigenvalue weighted by Gasteiger charge is -2.37. The third kappa shape index (κ3) is 3.21. The van der Waals surface area contributed by atoms with Gasteiger partial charge < -0.3 is 10.6 Å². The summed E-state index contributed by atoms with van der Waals surface area (Å²) >= 11 is 0. The van der Waals surface area contributed by atoms with Crippen LogP contribution in [0.15, 0.2) is 0 Å². The largest absolute Gasteiger partial charge is 0.330 e. The summed E-state index contributed by atoms with van der Waals surface area (Å²) in [7, 11) is 0. The highest BCUT2D eigenvalue weighted by atomic mass is 15.1. The molecular weight excluding hydrogens is 196 g/mol. The van der Waals surface area contributed by atoms with E-state index in [1.54, 1.807) is 0 Å². The minimum Gasteiger partial charge on any atom is -0.330 e. The van der Waals surface area contributed by atoms with Crippen molar-refractivity contribution in [3.63, 3.8) is 0 Å². The van der Waals surface area contributed by atoms with Crippen molar-refractivity contribution in [2.24, 2.45) is 23.5 Å². The Labute approximate surface area is 101 Å². The Morgan fingerprint density at radius 3 is 2.62 bits per heavy atom. The molecule has 2 nitrogen and oxygen atoms in total. The molecule has 1 saturated carbocycles. The lowest BCUT2D eigenvalue weighted by atomic mass is 9.87. The van der Waals surface area contributed by atoms with Crippen LogP contribution in [0, 0.1) is 17.8 Å². The van der Waals surface area contributed by atoms with Crippen molar-refractivity contribution in [3.8, 4) is 0 Å². The first-order chi connectivity index (χ1) is 7.79. The van der Waals surface area contributed by atoms with Crippen LogP contribution in [-0.4, -0.2) is 31.1 Å². The summed E-state index contributed by atoms with van der Waals surface area (Å²) in [6, 6.07) is 0. The van der Waals surface area contributed by atoms with Crippen LogP contribution in [-0.2, 0) is 0 Å². The predicted molar refractivity (Wildman–Crippen MR) is 69.3 cm³/mol. The van der Waals surface area contributed by atoms with Gasteiger partial charge in [0.05, 0.1) is 0 Å². The standard InChI is InChI=1S/C14H28N2/c1-12-6-8-16(11-14(12)10-15)9-7-13-4-2-3-5-13/h12-14H,2-11,15H2,1H3. The Balaban J connectivity index is 1.69. The van der Waals surface area contributed by atoms with E-state index in [1.807, 2.05) is 0 Å². The van der Waals surface area contributed by atoms with Crippen molar-refractivity contribution < 1.29 is 0 Å². The molecule has 0 amide bonds. The smallest absolute Gasteiger partial charge is 0.00243 e. The molecule has 94 valence electrons. The van der Waals surface area contributed by atoms with Gasteiger partial charge in [0.25, 0.3) is 0 Å². The maximum Gasteiger partial charge on any atom is 0.00243 e. The SMILES string of the molecule is CC1CCN(CCC2CCCC2)CC1CN. The number of hydrogen-bond donors (Lipinski definition) is 1. The first-order valence-corrected chi connectivity index (χ1v) is 7.22. The van der Waals surface area contributed by atoms with E-state index >= 15 is 0 Å². The van der Waals surface area contributed by atoms with Crippen molar-refractivity contribution >= 4 is 0 Å². The summed E-state index contributed by atoms with van der Waals surface area (Å²) < 4.78 is 0. The predicted octanol–water partition coefficient (Wildman–Crippen LogP) is 2.48. The van der Waals surface area contributed by atoms with Crippen molar-refractivity contribution in [2.45, 2.75) is 45.4 Å². The zero-order chi connectivity index (χ0) is 11.4. The maximum atomic E-state index is 5.85. The highest BCUT2D eigenvalue weighted by Crippen LogP contribution is 2.29. The number of nitrogens with zero attached hydrogens (tertiary/aromatic N) is 1. The minimum atomic E-state index is 0.748. The molecule has 2 unspecified atom stereocenters. The highest BCUT2D eigenvalue weighted by molar-refractivity contribution is 4.79. The van der Waals surface area contributed by atoms with Crippen molar-refractivity contribution in [3.05, 3.63) is 0 Å². The molecule has 0 aromatic heterocycles. The monoisotopic (exact) mass is 224 g/mol. The second-order valence-corrected chi connectivity index (χ2v) is 6.00. The summed E-state index contributed by atoms with van der Waals surface area (Å²) in [6.07, 6.45) is 8.73. The zero-order valence-corrected chi connectivity index (χ0v) is 10.8. The summed E-state index contributed by atoms with van der Waals surface area (Å²) in [5.41, 5.74) is 5.85. The van der Waals surface area contributed by atoms with Crippen LogP contribution in [0.5, 0.6) is 0 Å². The van der Waals surface area contributed by atoms with Gasteiger partial charge >= 0.3 is 0 Å². The van der Waals surface area contributed by atoms with Gasteiger partial charge in [0.2, 0.25) is 0 Å². The molecule has 2 rings (SSSR count). The quantitative estimate of drug-likeness (QED) is 0.795. The number of piperidine rings is 1. The van der Waals surface area contributed by atoms with E-state index in [2.05, 4.69) is 11.8 Å². The number of rotatable bonds is 4. The Bertz CT molecular complexity index is 199. The molecule has 0 aromatic carbocycles. The van der Waals surface area contributed by atoms with Gasteiger partial charge in [-0.1, -0.05) is 32.6 Å². The van der Waals surface area contributed by atoms with Crippen LogP contribution in [0.2, 0.25) is 0 Å². The number of nitrogens with two attached hydrogens (primary N) is 1.